The minimum absolute atomic E-state index is 0.375. The monoisotopic (exact) mass is 293 g/mol. The molecule has 0 heterocycles. The van der Waals surface area contributed by atoms with Crippen LogP contribution < -0.4 is 16.0 Å². The number of likely N-dealkylation sites (N-methyl/N-ethyl adjacent to an activating group) is 2. The fraction of sp³-hybridized carbons (Fsp3) is 0.333. The lowest BCUT2D eigenvalue weighted by atomic mass is 10.1. The fourth-order valence-corrected chi connectivity index (χ4v) is 1.89. The van der Waals surface area contributed by atoms with Gasteiger partial charge >= 0.3 is 0 Å². The van der Waals surface area contributed by atoms with Gasteiger partial charge in [-0.1, -0.05) is 18.2 Å². The number of carbonyl (C=O) groups excluding carboxylic acids is 2. The molecule has 0 spiro atoms. The Bertz CT molecular complexity index is 582. The highest BCUT2D eigenvalue weighted by Gasteiger charge is 2.27. The van der Waals surface area contributed by atoms with Crippen molar-refractivity contribution in [2.75, 3.05) is 19.0 Å². The van der Waals surface area contributed by atoms with Gasteiger partial charge in [0, 0.05) is 19.8 Å². The van der Waals surface area contributed by atoms with Crippen molar-refractivity contribution in [3.63, 3.8) is 0 Å². The van der Waals surface area contributed by atoms with Gasteiger partial charge in [-0.3, -0.25) is 9.59 Å². The van der Waals surface area contributed by atoms with Gasteiger partial charge in [-0.25, -0.2) is 4.39 Å². The predicted molar refractivity (Wildman–Crippen MR) is 80.4 cm³/mol. The molecule has 0 aliphatic carbocycles. The van der Waals surface area contributed by atoms with Gasteiger partial charge in [-0.2, -0.15) is 0 Å². The summed E-state index contributed by atoms with van der Waals surface area (Å²) >= 11 is 0. The number of carbonyl (C=O) groups is 2. The number of nitrogens with one attached hydrogen (secondary N) is 1. The van der Waals surface area contributed by atoms with E-state index < -0.39 is 18.0 Å². The Kier molecular flexibility index (Phi) is 5.46. The number of amides is 2. The molecule has 1 atom stereocenters. The maximum absolute atomic E-state index is 13.4. The van der Waals surface area contributed by atoms with Crippen LogP contribution in [0.2, 0.25) is 0 Å². The number of allylic oxidation sites excluding steroid dienone is 1. The van der Waals surface area contributed by atoms with Crippen LogP contribution in [0.1, 0.15) is 12.5 Å². The van der Waals surface area contributed by atoms with Crippen molar-refractivity contribution in [3.05, 3.63) is 41.1 Å². The second kappa shape index (κ2) is 6.88. The molecule has 1 unspecified atom stereocenters. The van der Waals surface area contributed by atoms with E-state index in [4.69, 9.17) is 5.73 Å². The Labute approximate surface area is 123 Å². The van der Waals surface area contributed by atoms with Gasteiger partial charge in [0.25, 0.3) is 11.8 Å². The summed E-state index contributed by atoms with van der Waals surface area (Å²) in [7, 11) is 2.88. The molecular weight excluding hydrogens is 273 g/mol. The maximum Gasteiger partial charge on any atom is 0.265 e. The SMILES string of the molecule is CNC(=O)C(C(=O)N(C)c1ccccc1C)=C(N)C(C)F. The fourth-order valence-electron chi connectivity index (χ4n) is 1.89. The molecule has 0 saturated heterocycles. The first-order valence-electron chi connectivity index (χ1n) is 6.50. The van der Waals surface area contributed by atoms with Gasteiger partial charge in [-0.15, -0.1) is 0 Å². The molecule has 1 aromatic carbocycles. The molecule has 0 fully saturated rings. The summed E-state index contributed by atoms with van der Waals surface area (Å²) in [5.74, 6) is -1.35. The summed E-state index contributed by atoms with van der Waals surface area (Å²) in [6.45, 7) is 3.02. The van der Waals surface area contributed by atoms with Gasteiger partial charge in [-0.05, 0) is 25.5 Å². The molecule has 6 heteroatoms. The third-order valence-corrected chi connectivity index (χ3v) is 3.17. The number of rotatable bonds is 4. The van der Waals surface area contributed by atoms with Crippen molar-refractivity contribution >= 4 is 17.5 Å². The quantitative estimate of drug-likeness (QED) is 0.499. The number of alkyl halides is 1. The molecule has 0 bridgehead atoms. The number of nitrogens with two attached hydrogens (primary N) is 1. The van der Waals surface area contributed by atoms with Gasteiger partial charge in [0.1, 0.15) is 11.7 Å². The maximum atomic E-state index is 13.4. The number of halogens is 1. The number of nitrogens with zero attached hydrogens (tertiary/aromatic N) is 1. The Morgan fingerprint density at radius 1 is 1.33 bits per heavy atom. The first-order chi connectivity index (χ1) is 9.81. The van der Waals surface area contributed by atoms with Gasteiger partial charge in [0.15, 0.2) is 0 Å². The standard InChI is InChI=1S/C15H20FN3O2/c1-9-7-5-6-8-11(9)19(4)15(21)12(14(20)18-3)13(17)10(2)16/h5-8,10H,17H2,1-4H3,(H,18,20). The predicted octanol–water partition coefficient (Wildman–Crippen LogP) is 1.27. The highest BCUT2D eigenvalue weighted by molar-refractivity contribution is 6.24. The molecule has 21 heavy (non-hydrogen) atoms. The van der Waals surface area contributed by atoms with E-state index in [0.717, 1.165) is 5.56 Å². The van der Waals surface area contributed by atoms with Gasteiger partial charge in [0.2, 0.25) is 0 Å². The summed E-state index contributed by atoms with van der Waals surface area (Å²) in [4.78, 5) is 25.6. The van der Waals surface area contributed by atoms with E-state index >= 15 is 0 Å². The van der Waals surface area contributed by atoms with Crippen LogP contribution in [0.25, 0.3) is 0 Å². The Morgan fingerprint density at radius 3 is 2.38 bits per heavy atom. The molecule has 5 nitrogen and oxygen atoms in total. The van der Waals surface area contributed by atoms with Crippen LogP contribution in [0.4, 0.5) is 10.1 Å². The van der Waals surface area contributed by atoms with Crippen LogP contribution >= 0.6 is 0 Å². The number of anilines is 1. The molecule has 0 aromatic heterocycles. The average Bonchev–Trinajstić information content (AvgIpc) is 2.46. The second-order valence-corrected chi connectivity index (χ2v) is 4.68. The normalized spacial score (nSPS) is 13.2. The highest BCUT2D eigenvalue weighted by Crippen LogP contribution is 2.21. The van der Waals surface area contributed by atoms with E-state index in [0.29, 0.717) is 5.69 Å². The van der Waals surface area contributed by atoms with E-state index in [2.05, 4.69) is 5.32 Å². The molecule has 0 radical (unpaired) electrons. The smallest absolute Gasteiger partial charge is 0.265 e. The molecular formula is C15H20FN3O2. The number of aryl methyl sites for hydroxylation is 1. The average molecular weight is 293 g/mol. The van der Waals surface area contributed by atoms with Crippen LogP contribution in [0.3, 0.4) is 0 Å². The molecule has 2 amide bonds. The van der Waals surface area contributed by atoms with Crippen molar-refractivity contribution in [3.8, 4) is 0 Å². The van der Waals surface area contributed by atoms with Gasteiger partial charge in [0.05, 0.1) is 5.70 Å². The lowest BCUT2D eigenvalue weighted by Crippen LogP contribution is -2.38. The first-order valence-corrected chi connectivity index (χ1v) is 6.50. The lowest BCUT2D eigenvalue weighted by Gasteiger charge is -2.21. The Morgan fingerprint density at radius 2 is 1.90 bits per heavy atom. The van der Waals surface area contributed by atoms with Crippen LogP contribution in [-0.4, -0.2) is 32.1 Å². The minimum Gasteiger partial charge on any atom is -0.399 e. The third-order valence-electron chi connectivity index (χ3n) is 3.17. The Hall–Kier alpha value is -2.37. The van der Waals surface area contributed by atoms with Crippen LogP contribution in [0.5, 0.6) is 0 Å². The van der Waals surface area contributed by atoms with Crippen molar-refractivity contribution < 1.29 is 14.0 Å². The lowest BCUT2D eigenvalue weighted by molar-refractivity contribution is -0.122. The summed E-state index contributed by atoms with van der Waals surface area (Å²) in [5.41, 5.74) is 6.32. The van der Waals surface area contributed by atoms with Crippen LogP contribution in [0.15, 0.2) is 35.5 Å². The number of hydrogen-bond acceptors (Lipinski definition) is 3. The number of para-hydroxylation sites is 1. The third kappa shape index (κ3) is 3.59. The summed E-state index contributed by atoms with van der Waals surface area (Å²) < 4.78 is 13.4. The Balaban J connectivity index is 3.28. The molecule has 0 aliphatic heterocycles. The van der Waals surface area contributed by atoms with Gasteiger partial charge < -0.3 is 16.0 Å². The minimum atomic E-state index is -1.59. The van der Waals surface area contributed by atoms with Crippen LogP contribution in [-0.2, 0) is 9.59 Å². The molecule has 3 N–H and O–H groups in total. The zero-order chi connectivity index (χ0) is 16.2. The highest BCUT2D eigenvalue weighted by atomic mass is 19.1. The van der Waals surface area contributed by atoms with E-state index in [9.17, 15) is 14.0 Å². The first kappa shape index (κ1) is 16.7. The van der Waals surface area contributed by atoms with E-state index in [1.54, 1.807) is 12.1 Å². The largest absolute Gasteiger partial charge is 0.399 e. The molecule has 1 rings (SSSR count). The summed E-state index contributed by atoms with van der Waals surface area (Å²) in [5, 5.41) is 2.31. The zero-order valence-electron chi connectivity index (χ0n) is 12.6. The molecule has 0 saturated carbocycles. The number of benzene rings is 1. The molecule has 1 aromatic rings. The number of hydrogen-bond donors (Lipinski definition) is 2. The second-order valence-electron chi connectivity index (χ2n) is 4.68. The van der Waals surface area contributed by atoms with Crippen LogP contribution in [0, 0.1) is 6.92 Å². The van der Waals surface area contributed by atoms with E-state index in [1.807, 2.05) is 19.1 Å². The molecule has 0 aliphatic rings. The summed E-state index contributed by atoms with van der Waals surface area (Å²) in [6, 6.07) is 7.19. The topological polar surface area (TPSA) is 75.4 Å². The van der Waals surface area contributed by atoms with Crippen molar-refractivity contribution in [2.24, 2.45) is 5.73 Å². The zero-order valence-corrected chi connectivity index (χ0v) is 12.6. The van der Waals surface area contributed by atoms with Crippen molar-refractivity contribution in [1.82, 2.24) is 5.32 Å². The van der Waals surface area contributed by atoms with Crippen molar-refractivity contribution in [2.45, 2.75) is 20.0 Å². The van der Waals surface area contributed by atoms with E-state index in [1.165, 1.54) is 25.9 Å². The van der Waals surface area contributed by atoms with Crippen molar-refractivity contribution in [1.29, 1.82) is 0 Å². The van der Waals surface area contributed by atoms with E-state index in [-0.39, 0.29) is 11.3 Å². The molecule has 114 valence electrons. The summed E-state index contributed by atoms with van der Waals surface area (Å²) in [6.07, 6.45) is -1.59.